The van der Waals surface area contributed by atoms with Crippen LogP contribution in [0.3, 0.4) is 0 Å². The fourth-order valence-corrected chi connectivity index (χ4v) is 3.07. The zero-order chi connectivity index (χ0) is 20.9. The van der Waals surface area contributed by atoms with E-state index < -0.39 is 33.3 Å². The molecule has 0 saturated carbocycles. The van der Waals surface area contributed by atoms with Gasteiger partial charge in [0, 0.05) is 18.7 Å². The Balaban J connectivity index is 2.19. The lowest BCUT2D eigenvalue weighted by molar-refractivity contribution is -0.0500. The van der Waals surface area contributed by atoms with Crippen molar-refractivity contribution in [2.45, 2.75) is 18.3 Å². The Bertz CT molecular complexity index is 835. The fraction of sp³-hybridized carbons (Fsp3) is 0.500. The van der Waals surface area contributed by atoms with Crippen molar-refractivity contribution in [1.82, 2.24) is 10.2 Å². The summed E-state index contributed by atoms with van der Waals surface area (Å²) in [6.07, 6.45) is 2.15. The molecule has 8 nitrogen and oxygen atoms in total. The predicted octanol–water partition coefficient (Wildman–Crippen LogP) is 1.53. The number of halogens is 3. The van der Waals surface area contributed by atoms with Crippen molar-refractivity contribution < 1.29 is 40.1 Å². The number of likely N-dealkylation sites (tertiary alicyclic amines) is 1. The summed E-state index contributed by atoms with van der Waals surface area (Å²) in [5, 5.41) is 2.57. The molecule has 2 rings (SSSR count). The Kier molecular flexibility index (Phi) is 6.88. The first-order valence-electron chi connectivity index (χ1n) is 8.28. The second kappa shape index (κ2) is 8.78. The number of amides is 1. The molecule has 1 saturated heterocycles. The highest BCUT2D eigenvalue weighted by atomic mass is 32.2. The molecule has 0 radical (unpaired) electrons. The molecule has 156 valence electrons. The van der Waals surface area contributed by atoms with Crippen molar-refractivity contribution in [3.05, 3.63) is 29.3 Å². The fourth-order valence-electron chi connectivity index (χ4n) is 2.62. The van der Waals surface area contributed by atoms with Gasteiger partial charge in [0.15, 0.2) is 0 Å². The van der Waals surface area contributed by atoms with Gasteiger partial charge in [0.2, 0.25) is 0 Å². The number of benzene rings is 1. The maximum absolute atomic E-state index is 12.5. The number of carbonyl (C=O) groups excluding carboxylic acids is 2. The predicted molar refractivity (Wildman–Crippen MR) is 91.4 cm³/mol. The molecule has 0 unspecified atom stereocenters. The van der Waals surface area contributed by atoms with Crippen molar-refractivity contribution >= 4 is 22.0 Å². The summed E-state index contributed by atoms with van der Waals surface area (Å²) in [5.74, 6) is -2.50. The Morgan fingerprint density at radius 2 is 1.75 bits per heavy atom. The average molecular weight is 424 g/mol. The Morgan fingerprint density at radius 3 is 2.32 bits per heavy atom. The van der Waals surface area contributed by atoms with Gasteiger partial charge in [0.05, 0.1) is 12.7 Å². The molecular weight excluding hydrogens is 405 g/mol. The first-order chi connectivity index (χ1) is 13.0. The van der Waals surface area contributed by atoms with Crippen LogP contribution < -0.4 is 9.50 Å². The lowest BCUT2D eigenvalue weighted by Gasteiger charge is -2.15. The van der Waals surface area contributed by atoms with Gasteiger partial charge in [0.1, 0.15) is 5.75 Å². The molecule has 1 amide bonds. The summed E-state index contributed by atoms with van der Waals surface area (Å²) in [6, 6.07) is 2.63. The molecule has 1 aliphatic rings. The Labute approximate surface area is 159 Å². The van der Waals surface area contributed by atoms with Crippen LogP contribution in [-0.4, -0.2) is 64.0 Å². The minimum absolute atomic E-state index is 0.239. The van der Waals surface area contributed by atoms with Gasteiger partial charge < -0.3 is 19.1 Å². The van der Waals surface area contributed by atoms with Gasteiger partial charge in [-0.25, -0.2) is 4.79 Å². The third kappa shape index (κ3) is 5.58. The number of nitrogens with one attached hydrogen (secondary N) is 1. The first-order valence-corrected chi connectivity index (χ1v) is 9.69. The topological polar surface area (TPSA) is 102 Å². The third-order valence-electron chi connectivity index (χ3n) is 3.99. The van der Waals surface area contributed by atoms with Gasteiger partial charge in [0.25, 0.3) is 5.91 Å². The van der Waals surface area contributed by atoms with Crippen molar-refractivity contribution in [1.29, 1.82) is 0 Å². The zero-order valence-electron chi connectivity index (χ0n) is 14.9. The van der Waals surface area contributed by atoms with Crippen LogP contribution in [0.1, 0.15) is 33.6 Å². The van der Waals surface area contributed by atoms with Crippen LogP contribution in [0.25, 0.3) is 0 Å². The molecule has 12 heteroatoms. The number of rotatable bonds is 7. The number of methoxy groups -OCH3 is 1. The maximum atomic E-state index is 12.5. The first kappa shape index (κ1) is 22.0. The molecule has 0 aromatic heterocycles. The van der Waals surface area contributed by atoms with Crippen LogP contribution in [-0.2, 0) is 14.9 Å². The molecule has 0 atom stereocenters. The van der Waals surface area contributed by atoms with Crippen molar-refractivity contribution in [3.8, 4) is 5.75 Å². The molecular formula is C16H19F3N2O6S. The largest absolute Gasteiger partial charge is 0.534 e. The SMILES string of the molecule is COC(=O)c1cc(OS(=O)(=O)C(F)(F)F)cc(C(=O)NCCN2CCCC2)c1. The van der Waals surface area contributed by atoms with Gasteiger partial charge in [-0.15, -0.1) is 0 Å². The van der Waals surface area contributed by atoms with Crippen molar-refractivity contribution in [2.75, 3.05) is 33.3 Å². The van der Waals surface area contributed by atoms with E-state index >= 15 is 0 Å². The maximum Gasteiger partial charge on any atom is 0.534 e. The minimum Gasteiger partial charge on any atom is -0.465 e. The zero-order valence-corrected chi connectivity index (χ0v) is 15.7. The van der Waals surface area contributed by atoms with Crippen LogP contribution in [0, 0.1) is 0 Å². The van der Waals surface area contributed by atoms with E-state index in [0.717, 1.165) is 51.2 Å². The van der Waals surface area contributed by atoms with E-state index in [0.29, 0.717) is 6.54 Å². The second-order valence-corrected chi connectivity index (χ2v) is 7.56. The van der Waals surface area contributed by atoms with E-state index in [9.17, 15) is 31.2 Å². The molecule has 1 aromatic carbocycles. The number of ether oxygens (including phenoxy) is 1. The molecule has 1 heterocycles. The van der Waals surface area contributed by atoms with E-state index in [4.69, 9.17) is 0 Å². The number of hydrogen-bond donors (Lipinski definition) is 1. The van der Waals surface area contributed by atoms with Gasteiger partial charge in [-0.05, 0) is 44.1 Å². The third-order valence-corrected chi connectivity index (χ3v) is 4.97. The van der Waals surface area contributed by atoms with Crippen LogP contribution in [0.5, 0.6) is 5.75 Å². The van der Waals surface area contributed by atoms with Crippen LogP contribution >= 0.6 is 0 Å². The summed E-state index contributed by atoms with van der Waals surface area (Å²) < 4.78 is 68.5. The highest BCUT2D eigenvalue weighted by Crippen LogP contribution is 2.28. The van der Waals surface area contributed by atoms with Gasteiger partial charge in [-0.3, -0.25) is 4.79 Å². The van der Waals surface area contributed by atoms with E-state index in [-0.39, 0.29) is 17.7 Å². The Morgan fingerprint density at radius 1 is 1.14 bits per heavy atom. The molecule has 0 bridgehead atoms. The normalized spacial score (nSPS) is 15.3. The van der Waals surface area contributed by atoms with E-state index in [1.807, 2.05) is 0 Å². The number of carbonyl (C=O) groups is 2. The van der Waals surface area contributed by atoms with Crippen LogP contribution in [0.2, 0.25) is 0 Å². The van der Waals surface area contributed by atoms with Crippen molar-refractivity contribution in [2.24, 2.45) is 0 Å². The Hall–Kier alpha value is -2.34. The van der Waals surface area contributed by atoms with Crippen LogP contribution in [0.15, 0.2) is 18.2 Å². The number of nitrogens with zero attached hydrogens (tertiary/aromatic N) is 1. The lowest BCUT2D eigenvalue weighted by atomic mass is 10.1. The molecule has 1 aromatic rings. The van der Waals surface area contributed by atoms with Gasteiger partial charge >= 0.3 is 21.6 Å². The monoisotopic (exact) mass is 424 g/mol. The lowest BCUT2D eigenvalue weighted by Crippen LogP contribution is -2.33. The minimum atomic E-state index is -5.96. The highest BCUT2D eigenvalue weighted by molar-refractivity contribution is 7.88. The van der Waals surface area contributed by atoms with Crippen molar-refractivity contribution in [3.63, 3.8) is 0 Å². The van der Waals surface area contributed by atoms with Gasteiger partial charge in [-0.1, -0.05) is 0 Å². The molecule has 28 heavy (non-hydrogen) atoms. The quantitative estimate of drug-likeness (QED) is 0.402. The summed E-state index contributed by atoms with van der Waals surface area (Å²) in [4.78, 5) is 26.1. The van der Waals surface area contributed by atoms with E-state index in [1.54, 1.807) is 0 Å². The van der Waals surface area contributed by atoms with E-state index in [1.165, 1.54) is 0 Å². The second-order valence-electron chi connectivity index (χ2n) is 6.03. The summed E-state index contributed by atoms with van der Waals surface area (Å²) in [6.45, 7) is 2.70. The average Bonchev–Trinajstić information content (AvgIpc) is 3.12. The van der Waals surface area contributed by atoms with E-state index in [2.05, 4.69) is 19.1 Å². The number of alkyl halides is 3. The molecule has 1 fully saturated rings. The summed E-state index contributed by atoms with van der Waals surface area (Å²) >= 11 is 0. The molecule has 1 N–H and O–H groups in total. The molecule has 0 spiro atoms. The number of hydrogen-bond acceptors (Lipinski definition) is 7. The molecule has 1 aliphatic heterocycles. The highest BCUT2D eigenvalue weighted by Gasteiger charge is 2.48. The standard InChI is InChI=1S/C16H19F3N2O6S/c1-26-15(23)12-8-11(14(22)20-4-7-21-5-2-3-6-21)9-13(10-12)27-28(24,25)16(17,18)19/h8-10H,2-7H2,1H3,(H,20,22). The number of esters is 1. The van der Waals surface area contributed by atoms with Gasteiger partial charge in [-0.2, -0.15) is 21.6 Å². The molecule has 0 aliphatic carbocycles. The summed E-state index contributed by atoms with van der Waals surface area (Å²) in [5.41, 5.74) is -6.23. The summed E-state index contributed by atoms with van der Waals surface area (Å²) in [7, 11) is -4.94. The smallest absolute Gasteiger partial charge is 0.465 e. The van der Waals surface area contributed by atoms with Crippen LogP contribution in [0.4, 0.5) is 13.2 Å².